The summed E-state index contributed by atoms with van der Waals surface area (Å²) in [6.07, 6.45) is 0.719. The van der Waals surface area contributed by atoms with Crippen LogP contribution < -0.4 is 15.4 Å². The highest BCUT2D eigenvalue weighted by atomic mass is 32.2. The summed E-state index contributed by atoms with van der Waals surface area (Å²) >= 11 is 1.60. The Morgan fingerprint density at radius 2 is 1.59 bits per heavy atom. The lowest BCUT2D eigenvalue weighted by atomic mass is 9.66. The van der Waals surface area contributed by atoms with Crippen LogP contribution in [-0.4, -0.2) is 57.5 Å². The first-order valence-corrected chi connectivity index (χ1v) is 14.7. The van der Waals surface area contributed by atoms with Gasteiger partial charge in [-0.1, -0.05) is 55.5 Å². The molecule has 3 aliphatic heterocycles. The number of thioether (sulfide) groups is 1. The largest absolute Gasteiger partial charge is 0.497 e. The number of carbonyl (C=O) groups is 3. The van der Waals surface area contributed by atoms with Crippen LogP contribution in [0.25, 0.3) is 0 Å². The molecular weight excluding hydrogens is 538 g/mol. The van der Waals surface area contributed by atoms with Crippen LogP contribution in [0.2, 0.25) is 0 Å². The standard InChI is InChI=1S/C32H33N3O5S/c1-19-17-25-26(29(37)33-21-11-7-4-8-12-21)27-31(39)35(24(18-36)20-9-5-3-6-10-20)28(32(19,27)41-25)30(38)34-22-13-15-23(40-2)16-14-22/h3-16,19,24-28,36H,17-18H2,1-2H3,(H,33,37)(H,34,38)/t19?,24-,25-,26+,27+,28?,32?/m1/s1. The van der Waals surface area contributed by atoms with Gasteiger partial charge in [0.2, 0.25) is 17.7 Å². The van der Waals surface area contributed by atoms with Crippen LogP contribution >= 0.6 is 11.8 Å². The molecule has 0 radical (unpaired) electrons. The number of hydrogen-bond acceptors (Lipinski definition) is 6. The molecule has 3 aliphatic rings. The van der Waals surface area contributed by atoms with E-state index in [2.05, 4.69) is 17.6 Å². The molecule has 0 aromatic heterocycles. The number of aliphatic hydroxyl groups is 1. The minimum atomic E-state index is -0.890. The Balaban J connectivity index is 1.41. The quantitative estimate of drug-likeness (QED) is 0.371. The monoisotopic (exact) mass is 571 g/mol. The van der Waals surface area contributed by atoms with Crippen molar-refractivity contribution < 1.29 is 24.2 Å². The van der Waals surface area contributed by atoms with E-state index in [1.165, 1.54) is 0 Å². The molecule has 6 rings (SSSR count). The summed E-state index contributed by atoms with van der Waals surface area (Å²) in [5.41, 5.74) is 1.98. The maximum absolute atomic E-state index is 14.5. The van der Waals surface area contributed by atoms with Crippen LogP contribution in [-0.2, 0) is 14.4 Å². The van der Waals surface area contributed by atoms with Gasteiger partial charge >= 0.3 is 0 Å². The van der Waals surface area contributed by atoms with Crippen molar-refractivity contribution in [2.45, 2.75) is 35.4 Å². The molecule has 0 aliphatic carbocycles. The summed E-state index contributed by atoms with van der Waals surface area (Å²) in [4.78, 5) is 44.2. The lowest BCUT2D eigenvalue weighted by Gasteiger charge is -2.40. The van der Waals surface area contributed by atoms with E-state index in [0.29, 0.717) is 17.1 Å². The first-order valence-electron chi connectivity index (χ1n) is 13.9. The minimum Gasteiger partial charge on any atom is -0.497 e. The minimum absolute atomic E-state index is 0.000964. The fraction of sp³-hybridized carbons (Fsp3) is 0.344. The number of ether oxygens (including phenoxy) is 1. The number of fused-ring (bicyclic) bond motifs is 1. The molecule has 3 amide bonds. The Kier molecular flexibility index (Phi) is 7.25. The molecular formula is C32H33N3O5S. The van der Waals surface area contributed by atoms with Crippen molar-refractivity contribution in [1.29, 1.82) is 0 Å². The summed E-state index contributed by atoms with van der Waals surface area (Å²) in [5, 5.41) is 16.6. The van der Waals surface area contributed by atoms with Gasteiger partial charge in [-0.2, -0.15) is 0 Å². The fourth-order valence-corrected chi connectivity index (χ4v) is 9.46. The van der Waals surface area contributed by atoms with Gasteiger partial charge < -0.3 is 25.4 Å². The zero-order chi connectivity index (χ0) is 28.7. The van der Waals surface area contributed by atoms with Crippen LogP contribution in [0, 0.1) is 17.8 Å². The third-order valence-electron chi connectivity index (χ3n) is 8.83. The van der Waals surface area contributed by atoms with Gasteiger partial charge in [0.1, 0.15) is 11.8 Å². The third-order valence-corrected chi connectivity index (χ3v) is 10.9. The van der Waals surface area contributed by atoms with Gasteiger partial charge in [-0.05, 0) is 54.3 Å². The molecule has 1 spiro atoms. The molecule has 2 bridgehead atoms. The van der Waals surface area contributed by atoms with E-state index in [9.17, 15) is 19.5 Å². The molecule has 0 saturated carbocycles. The molecule has 212 valence electrons. The molecule has 8 nitrogen and oxygen atoms in total. The Morgan fingerprint density at radius 3 is 2.22 bits per heavy atom. The van der Waals surface area contributed by atoms with Gasteiger partial charge in [0, 0.05) is 16.6 Å². The van der Waals surface area contributed by atoms with Crippen molar-refractivity contribution in [3.63, 3.8) is 0 Å². The van der Waals surface area contributed by atoms with Crippen molar-refractivity contribution in [3.05, 3.63) is 90.5 Å². The second-order valence-corrected chi connectivity index (χ2v) is 12.5. The highest BCUT2D eigenvalue weighted by Crippen LogP contribution is 2.69. The average molecular weight is 572 g/mol. The van der Waals surface area contributed by atoms with Crippen molar-refractivity contribution in [2.75, 3.05) is 24.4 Å². The first kappa shape index (κ1) is 27.4. The van der Waals surface area contributed by atoms with E-state index in [1.807, 2.05) is 60.7 Å². The number of anilines is 2. The van der Waals surface area contributed by atoms with Gasteiger partial charge in [-0.25, -0.2) is 0 Å². The first-order chi connectivity index (χ1) is 19.9. The SMILES string of the molecule is COc1ccc(NC(=O)C2N([C@H](CO)c3ccccc3)C(=O)[C@@H]3[C@@H](C(=O)Nc4ccccc4)[C@H]4CC(C)C23S4)cc1. The topological polar surface area (TPSA) is 108 Å². The van der Waals surface area contributed by atoms with E-state index in [4.69, 9.17) is 4.74 Å². The van der Waals surface area contributed by atoms with E-state index < -0.39 is 28.7 Å². The van der Waals surface area contributed by atoms with Crippen LogP contribution in [0.3, 0.4) is 0 Å². The Labute approximate surface area is 243 Å². The van der Waals surface area contributed by atoms with E-state index in [0.717, 1.165) is 12.0 Å². The molecule has 3 aromatic rings. The Morgan fingerprint density at radius 1 is 0.976 bits per heavy atom. The second kappa shape index (κ2) is 10.9. The van der Waals surface area contributed by atoms with Crippen molar-refractivity contribution >= 4 is 40.9 Å². The van der Waals surface area contributed by atoms with E-state index in [-0.39, 0.29) is 35.5 Å². The normalized spacial score (nSPS) is 28.7. The summed E-state index contributed by atoms with van der Waals surface area (Å²) in [6, 6.07) is 23.9. The molecule has 7 atom stereocenters. The number of likely N-dealkylation sites (tertiary alicyclic amines) is 1. The van der Waals surface area contributed by atoms with Crippen molar-refractivity contribution in [3.8, 4) is 5.75 Å². The number of aliphatic hydroxyl groups excluding tert-OH is 1. The Hall–Kier alpha value is -3.82. The predicted octanol–water partition coefficient (Wildman–Crippen LogP) is 4.34. The highest BCUT2D eigenvalue weighted by Gasteiger charge is 2.76. The van der Waals surface area contributed by atoms with Crippen molar-refractivity contribution in [1.82, 2.24) is 4.90 Å². The molecule has 9 heteroatoms. The number of benzene rings is 3. The number of nitrogens with zero attached hydrogens (tertiary/aromatic N) is 1. The number of methoxy groups -OCH3 is 1. The molecule has 41 heavy (non-hydrogen) atoms. The van der Waals surface area contributed by atoms with Crippen LogP contribution in [0.4, 0.5) is 11.4 Å². The summed E-state index contributed by atoms with van der Waals surface area (Å²) in [6.45, 7) is 1.72. The predicted molar refractivity (Wildman–Crippen MR) is 158 cm³/mol. The fourth-order valence-electron chi connectivity index (χ4n) is 7.06. The number of nitrogens with one attached hydrogen (secondary N) is 2. The molecule has 3 heterocycles. The maximum atomic E-state index is 14.5. The smallest absolute Gasteiger partial charge is 0.248 e. The zero-order valence-electron chi connectivity index (χ0n) is 22.9. The molecule has 3 aromatic carbocycles. The highest BCUT2D eigenvalue weighted by molar-refractivity contribution is 8.02. The Bertz CT molecular complexity index is 1440. The number of rotatable bonds is 8. The van der Waals surface area contributed by atoms with Crippen LogP contribution in [0.5, 0.6) is 5.75 Å². The molecule has 3 saturated heterocycles. The zero-order valence-corrected chi connectivity index (χ0v) is 23.7. The lowest BCUT2D eigenvalue weighted by molar-refractivity contribution is -0.141. The maximum Gasteiger partial charge on any atom is 0.248 e. The molecule has 3 unspecified atom stereocenters. The van der Waals surface area contributed by atoms with E-state index in [1.54, 1.807) is 48.0 Å². The van der Waals surface area contributed by atoms with Gasteiger partial charge in [0.05, 0.1) is 36.3 Å². The summed E-state index contributed by atoms with van der Waals surface area (Å²) in [5.74, 6) is -1.44. The van der Waals surface area contributed by atoms with E-state index >= 15 is 0 Å². The number of para-hydroxylation sites is 1. The molecule has 3 fully saturated rings. The summed E-state index contributed by atoms with van der Waals surface area (Å²) < 4.78 is 4.43. The average Bonchev–Trinajstić information content (AvgIpc) is 3.59. The van der Waals surface area contributed by atoms with Gasteiger partial charge in [0.25, 0.3) is 0 Å². The third kappa shape index (κ3) is 4.48. The number of hydrogen-bond donors (Lipinski definition) is 3. The van der Waals surface area contributed by atoms with Crippen LogP contribution in [0.15, 0.2) is 84.9 Å². The second-order valence-electron chi connectivity index (χ2n) is 11.0. The summed E-state index contributed by atoms with van der Waals surface area (Å²) in [7, 11) is 1.58. The number of amides is 3. The van der Waals surface area contributed by atoms with Crippen LogP contribution in [0.1, 0.15) is 24.9 Å². The van der Waals surface area contributed by atoms with Gasteiger partial charge in [-0.15, -0.1) is 11.8 Å². The van der Waals surface area contributed by atoms with Gasteiger partial charge in [-0.3, -0.25) is 14.4 Å². The molecule has 3 N–H and O–H groups in total. The van der Waals surface area contributed by atoms with Crippen molar-refractivity contribution in [2.24, 2.45) is 17.8 Å². The van der Waals surface area contributed by atoms with Gasteiger partial charge in [0.15, 0.2) is 0 Å². The lowest BCUT2D eigenvalue weighted by Crippen LogP contribution is -2.55. The number of carbonyl (C=O) groups excluding carboxylic acids is 3.